The van der Waals surface area contributed by atoms with E-state index in [4.69, 9.17) is 18.6 Å². The van der Waals surface area contributed by atoms with Gasteiger partial charge in [0.1, 0.15) is 11.4 Å². The molecule has 0 bridgehead atoms. The fourth-order valence-corrected chi connectivity index (χ4v) is 3.40. The smallest absolute Gasteiger partial charge is 0.288 e. The summed E-state index contributed by atoms with van der Waals surface area (Å²) in [7, 11) is 4.40. The first-order chi connectivity index (χ1) is 13.5. The molecule has 8 heteroatoms. The number of ether oxygens (including phenoxy) is 3. The SMILES string of the molecule is COc1cc([C@@H]2NC(=O)c3oc4ccc(F)cc4c(=O)c32)cc(OC)c1OC. The largest absolute Gasteiger partial charge is 0.493 e. The summed E-state index contributed by atoms with van der Waals surface area (Å²) in [5.74, 6) is -0.0706. The Labute approximate surface area is 158 Å². The number of nitrogens with one attached hydrogen (secondary N) is 1. The van der Waals surface area contributed by atoms with Gasteiger partial charge in [0.15, 0.2) is 16.9 Å². The molecule has 4 rings (SSSR count). The van der Waals surface area contributed by atoms with Crippen LogP contribution >= 0.6 is 0 Å². The zero-order valence-corrected chi connectivity index (χ0v) is 15.3. The molecule has 0 unspecified atom stereocenters. The lowest BCUT2D eigenvalue weighted by atomic mass is 9.98. The second-order valence-corrected chi connectivity index (χ2v) is 6.18. The van der Waals surface area contributed by atoms with Gasteiger partial charge in [-0.1, -0.05) is 0 Å². The molecule has 7 nitrogen and oxygen atoms in total. The molecule has 1 aliphatic rings. The number of halogens is 1. The van der Waals surface area contributed by atoms with E-state index in [-0.39, 0.29) is 22.3 Å². The maximum Gasteiger partial charge on any atom is 0.288 e. The lowest BCUT2D eigenvalue weighted by Crippen LogP contribution is -2.22. The van der Waals surface area contributed by atoms with Gasteiger partial charge in [-0.05, 0) is 35.9 Å². The van der Waals surface area contributed by atoms with Crippen LogP contribution in [0.1, 0.15) is 27.7 Å². The minimum atomic E-state index is -0.805. The summed E-state index contributed by atoms with van der Waals surface area (Å²) in [5.41, 5.74) is 0.306. The van der Waals surface area contributed by atoms with Crippen molar-refractivity contribution in [3.63, 3.8) is 0 Å². The molecule has 1 N–H and O–H groups in total. The van der Waals surface area contributed by atoms with Crippen LogP contribution in [-0.4, -0.2) is 27.2 Å². The van der Waals surface area contributed by atoms with Crippen LogP contribution in [0.25, 0.3) is 11.0 Å². The molecule has 0 saturated heterocycles. The Morgan fingerprint density at radius 1 is 1.00 bits per heavy atom. The van der Waals surface area contributed by atoms with Gasteiger partial charge in [-0.25, -0.2) is 4.39 Å². The van der Waals surface area contributed by atoms with Crippen LogP contribution in [0.4, 0.5) is 4.39 Å². The number of hydrogen-bond donors (Lipinski definition) is 1. The first kappa shape index (κ1) is 17.8. The summed E-state index contributed by atoms with van der Waals surface area (Å²) in [4.78, 5) is 25.5. The molecule has 0 radical (unpaired) electrons. The molecule has 0 spiro atoms. The quantitative estimate of drug-likeness (QED) is 0.743. The van der Waals surface area contributed by atoms with Crippen LogP contribution in [0, 0.1) is 5.82 Å². The van der Waals surface area contributed by atoms with Crippen LogP contribution < -0.4 is 25.0 Å². The molecule has 1 amide bonds. The molecule has 0 fully saturated rings. The second kappa shape index (κ2) is 6.56. The molecule has 28 heavy (non-hydrogen) atoms. The monoisotopic (exact) mass is 385 g/mol. The van der Waals surface area contributed by atoms with E-state index in [2.05, 4.69) is 5.32 Å². The number of hydrogen-bond acceptors (Lipinski definition) is 6. The van der Waals surface area contributed by atoms with Gasteiger partial charge in [0.25, 0.3) is 5.91 Å². The first-order valence-electron chi connectivity index (χ1n) is 8.35. The fraction of sp³-hybridized carbons (Fsp3) is 0.200. The van der Waals surface area contributed by atoms with Crippen molar-refractivity contribution in [3.05, 3.63) is 63.3 Å². The number of amides is 1. The number of fused-ring (bicyclic) bond motifs is 2. The standard InChI is InChI=1S/C20H16FNO6/c1-25-13-6-9(7-14(26-2)18(13)27-3)16-15-17(23)11-8-10(21)4-5-12(11)28-19(15)20(24)22-16/h4-8,16H,1-3H3,(H,22,24)/t16-/m0/s1. The highest BCUT2D eigenvalue weighted by molar-refractivity contribution is 5.99. The van der Waals surface area contributed by atoms with Crippen molar-refractivity contribution in [3.8, 4) is 17.2 Å². The van der Waals surface area contributed by atoms with Crippen LogP contribution in [0.3, 0.4) is 0 Å². The van der Waals surface area contributed by atoms with E-state index in [1.807, 2.05) is 0 Å². The van der Waals surface area contributed by atoms with Crippen molar-refractivity contribution < 1.29 is 27.8 Å². The molecule has 3 aromatic rings. The van der Waals surface area contributed by atoms with Crippen molar-refractivity contribution in [2.24, 2.45) is 0 Å². The van der Waals surface area contributed by atoms with Crippen molar-refractivity contribution in [2.45, 2.75) is 6.04 Å². The molecule has 0 saturated carbocycles. The van der Waals surface area contributed by atoms with Crippen LogP contribution in [0.15, 0.2) is 39.5 Å². The maximum atomic E-state index is 13.6. The van der Waals surface area contributed by atoms with Crippen LogP contribution in [-0.2, 0) is 0 Å². The lowest BCUT2D eigenvalue weighted by Gasteiger charge is -2.17. The highest BCUT2D eigenvalue weighted by Gasteiger charge is 2.37. The number of carbonyl (C=O) groups excluding carboxylic acids is 1. The number of benzene rings is 2. The minimum absolute atomic E-state index is 0.0627. The van der Waals surface area contributed by atoms with Gasteiger partial charge in [-0.2, -0.15) is 0 Å². The van der Waals surface area contributed by atoms with Gasteiger partial charge < -0.3 is 23.9 Å². The van der Waals surface area contributed by atoms with Gasteiger partial charge in [0.05, 0.1) is 38.3 Å². The lowest BCUT2D eigenvalue weighted by molar-refractivity contribution is 0.0937. The molecule has 2 heterocycles. The van der Waals surface area contributed by atoms with Gasteiger partial charge >= 0.3 is 0 Å². The average Bonchev–Trinajstić information content (AvgIpc) is 3.04. The van der Waals surface area contributed by atoms with E-state index in [0.29, 0.717) is 22.8 Å². The normalized spacial score (nSPS) is 15.3. The number of carbonyl (C=O) groups is 1. The van der Waals surface area contributed by atoms with E-state index < -0.39 is 23.2 Å². The minimum Gasteiger partial charge on any atom is -0.493 e. The molecule has 1 aromatic heterocycles. The third kappa shape index (κ3) is 2.57. The van der Waals surface area contributed by atoms with E-state index >= 15 is 0 Å². The summed E-state index contributed by atoms with van der Waals surface area (Å²) >= 11 is 0. The van der Waals surface area contributed by atoms with Crippen molar-refractivity contribution in [2.75, 3.05) is 21.3 Å². The molecule has 0 aliphatic carbocycles. The van der Waals surface area contributed by atoms with Crippen LogP contribution in [0.5, 0.6) is 17.2 Å². The van der Waals surface area contributed by atoms with Gasteiger partial charge in [-0.15, -0.1) is 0 Å². The number of methoxy groups -OCH3 is 3. The van der Waals surface area contributed by atoms with E-state index in [9.17, 15) is 14.0 Å². The Hall–Kier alpha value is -3.55. The number of rotatable bonds is 4. The maximum absolute atomic E-state index is 13.6. The summed E-state index contributed by atoms with van der Waals surface area (Å²) in [6, 6.07) is 6.05. The molecule has 2 aromatic carbocycles. The predicted octanol–water partition coefficient (Wildman–Crippen LogP) is 2.79. The Morgan fingerprint density at radius 3 is 2.29 bits per heavy atom. The predicted molar refractivity (Wildman–Crippen MR) is 97.8 cm³/mol. The zero-order chi connectivity index (χ0) is 20.0. The molecule has 1 aliphatic heterocycles. The van der Waals surface area contributed by atoms with Gasteiger partial charge in [0.2, 0.25) is 11.5 Å². The summed E-state index contributed by atoms with van der Waals surface area (Å²) in [6.07, 6.45) is 0. The third-order valence-electron chi connectivity index (χ3n) is 4.68. The van der Waals surface area contributed by atoms with Crippen molar-refractivity contribution >= 4 is 16.9 Å². The van der Waals surface area contributed by atoms with Crippen LogP contribution in [0.2, 0.25) is 0 Å². The summed E-state index contributed by atoms with van der Waals surface area (Å²) in [5, 5.41) is 2.79. The molecule has 144 valence electrons. The third-order valence-corrected chi connectivity index (χ3v) is 4.68. The zero-order valence-electron chi connectivity index (χ0n) is 15.3. The first-order valence-corrected chi connectivity index (χ1v) is 8.35. The Kier molecular flexibility index (Phi) is 4.18. The Balaban J connectivity index is 1.96. The molecule has 1 atom stereocenters. The highest BCUT2D eigenvalue weighted by Crippen LogP contribution is 2.42. The van der Waals surface area contributed by atoms with Gasteiger partial charge in [-0.3, -0.25) is 9.59 Å². The molecular weight excluding hydrogens is 369 g/mol. The average molecular weight is 385 g/mol. The topological polar surface area (TPSA) is 87.0 Å². The van der Waals surface area contributed by atoms with Crippen molar-refractivity contribution in [1.82, 2.24) is 5.32 Å². The Bertz CT molecular complexity index is 1140. The van der Waals surface area contributed by atoms with E-state index in [1.54, 1.807) is 12.1 Å². The van der Waals surface area contributed by atoms with E-state index in [1.165, 1.54) is 33.5 Å². The van der Waals surface area contributed by atoms with Gasteiger partial charge in [0, 0.05) is 0 Å². The molecular formula is C20H16FNO6. The van der Waals surface area contributed by atoms with Crippen molar-refractivity contribution in [1.29, 1.82) is 0 Å². The second-order valence-electron chi connectivity index (χ2n) is 6.18. The summed E-state index contributed by atoms with van der Waals surface area (Å²) < 4.78 is 35.2. The highest BCUT2D eigenvalue weighted by atomic mass is 19.1. The van der Waals surface area contributed by atoms with E-state index in [0.717, 1.165) is 6.07 Å². The fourth-order valence-electron chi connectivity index (χ4n) is 3.40. The summed E-state index contributed by atoms with van der Waals surface area (Å²) in [6.45, 7) is 0. The Morgan fingerprint density at radius 2 is 1.68 bits per heavy atom.